The molecule has 2 rings (SSSR count). The van der Waals surface area contributed by atoms with E-state index in [0.717, 1.165) is 12.3 Å². The van der Waals surface area contributed by atoms with E-state index in [1.165, 1.54) is 24.3 Å². The molecule has 2 aromatic carbocycles. The molecule has 0 spiro atoms. The summed E-state index contributed by atoms with van der Waals surface area (Å²) in [6, 6.07) is 8.98. The van der Waals surface area contributed by atoms with Gasteiger partial charge in [0.25, 0.3) is 0 Å². The minimum atomic E-state index is -3.56. The smallest absolute Gasteiger partial charge is 0.229 e. The number of nitrogens with one attached hydrogen (secondary N) is 2. The van der Waals surface area contributed by atoms with Gasteiger partial charge in [0.2, 0.25) is 10.0 Å². The molecule has 0 radical (unpaired) electrons. The molecule has 0 bridgehead atoms. The molecule has 2 aromatic rings. The second-order valence-electron chi connectivity index (χ2n) is 4.50. The number of benzene rings is 2. The van der Waals surface area contributed by atoms with Crippen LogP contribution < -0.4 is 10.0 Å². The minimum Gasteiger partial charge on any atom is -0.351 e. The van der Waals surface area contributed by atoms with Gasteiger partial charge in [-0.25, -0.2) is 17.2 Å². The highest BCUT2D eigenvalue weighted by Crippen LogP contribution is 2.29. The van der Waals surface area contributed by atoms with Gasteiger partial charge >= 0.3 is 0 Å². The summed E-state index contributed by atoms with van der Waals surface area (Å²) in [5.41, 5.74) is 0.525. The standard InChI is InChI=1S/C14H11F2N3O2S/c1-22(20,21)19-13-4-2-9(8-17)6-14(13)18-12-5-3-10(15)7-11(12)16/h2-7,18-19H,1H3. The molecule has 2 N–H and O–H groups in total. The highest BCUT2D eigenvalue weighted by atomic mass is 32.2. The Morgan fingerprint density at radius 2 is 1.73 bits per heavy atom. The monoisotopic (exact) mass is 323 g/mol. The van der Waals surface area contributed by atoms with E-state index in [2.05, 4.69) is 10.0 Å². The maximum Gasteiger partial charge on any atom is 0.229 e. The van der Waals surface area contributed by atoms with Crippen LogP contribution in [0.3, 0.4) is 0 Å². The van der Waals surface area contributed by atoms with Gasteiger partial charge in [-0.05, 0) is 30.3 Å². The molecule has 5 nitrogen and oxygen atoms in total. The third-order valence-corrected chi connectivity index (χ3v) is 3.24. The Labute approximate surface area is 126 Å². The van der Waals surface area contributed by atoms with Gasteiger partial charge in [0.15, 0.2) is 0 Å². The maximum atomic E-state index is 13.7. The van der Waals surface area contributed by atoms with E-state index in [9.17, 15) is 17.2 Å². The van der Waals surface area contributed by atoms with Gasteiger partial charge < -0.3 is 5.32 Å². The molecule has 0 aromatic heterocycles. The van der Waals surface area contributed by atoms with E-state index in [1.54, 1.807) is 0 Å². The summed E-state index contributed by atoms with van der Waals surface area (Å²) >= 11 is 0. The first kappa shape index (κ1) is 15.7. The molecule has 0 heterocycles. The molecule has 0 aliphatic rings. The number of rotatable bonds is 4. The van der Waals surface area contributed by atoms with Crippen LogP contribution in [0.1, 0.15) is 5.56 Å². The summed E-state index contributed by atoms with van der Waals surface area (Å²) in [6.07, 6.45) is 0.966. The van der Waals surface area contributed by atoms with Crippen LogP contribution in [0, 0.1) is 23.0 Å². The first-order valence-electron chi connectivity index (χ1n) is 6.02. The Kier molecular flexibility index (Phi) is 4.28. The fraction of sp³-hybridized carbons (Fsp3) is 0.0714. The second-order valence-corrected chi connectivity index (χ2v) is 6.24. The second kappa shape index (κ2) is 5.99. The van der Waals surface area contributed by atoms with Gasteiger partial charge in [0, 0.05) is 6.07 Å². The zero-order valence-electron chi connectivity index (χ0n) is 11.4. The van der Waals surface area contributed by atoms with Gasteiger partial charge in [-0.2, -0.15) is 5.26 Å². The quantitative estimate of drug-likeness (QED) is 0.906. The van der Waals surface area contributed by atoms with E-state index in [0.29, 0.717) is 6.07 Å². The molecule has 8 heteroatoms. The number of hydrogen-bond donors (Lipinski definition) is 2. The average molecular weight is 323 g/mol. The molecule has 114 valence electrons. The number of anilines is 3. The lowest BCUT2D eigenvalue weighted by molar-refractivity contribution is 0.586. The Bertz CT molecular complexity index is 861. The van der Waals surface area contributed by atoms with E-state index >= 15 is 0 Å². The Balaban J connectivity index is 2.45. The summed E-state index contributed by atoms with van der Waals surface area (Å²) < 4.78 is 51.5. The Morgan fingerprint density at radius 3 is 2.32 bits per heavy atom. The predicted molar refractivity (Wildman–Crippen MR) is 79.3 cm³/mol. The molecule has 0 aliphatic heterocycles. The van der Waals surface area contributed by atoms with Crippen molar-refractivity contribution in [2.45, 2.75) is 0 Å². The van der Waals surface area contributed by atoms with Gasteiger partial charge in [0.1, 0.15) is 11.6 Å². The van der Waals surface area contributed by atoms with Crippen molar-refractivity contribution in [3.8, 4) is 6.07 Å². The predicted octanol–water partition coefficient (Wildman–Crippen LogP) is 2.95. The summed E-state index contributed by atoms with van der Waals surface area (Å²) in [5.74, 6) is -1.57. The molecule has 0 saturated heterocycles. The summed E-state index contributed by atoms with van der Waals surface area (Å²) in [6.45, 7) is 0. The SMILES string of the molecule is CS(=O)(=O)Nc1ccc(C#N)cc1Nc1ccc(F)cc1F. The first-order valence-corrected chi connectivity index (χ1v) is 7.91. The molecule has 0 aliphatic carbocycles. The highest BCUT2D eigenvalue weighted by Gasteiger charge is 2.11. The Hall–Kier alpha value is -2.66. The third-order valence-electron chi connectivity index (χ3n) is 2.64. The van der Waals surface area contributed by atoms with Crippen LogP contribution >= 0.6 is 0 Å². The summed E-state index contributed by atoms with van der Waals surface area (Å²) in [5, 5.41) is 11.5. The van der Waals surface area contributed by atoms with Crippen molar-refractivity contribution >= 4 is 27.1 Å². The van der Waals surface area contributed by atoms with Crippen molar-refractivity contribution < 1.29 is 17.2 Å². The van der Waals surface area contributed by atoms with Crippen LogP contribution in [0.4, 0.5) is 25.8 Å². The fourth-order valence-electron chi connectivity index (χ4n) is 1.74. The van der Waals surface area contributed by atoms with E-state index in [1.807, 2.05) is 6.07 Å². The lowest BCUT2D eigenvalue weighted by Gasteiger charge is -2.14. The summed E-state index contributed by atoms with van der Waals surface area (Å²) in [7, 11) is -3.56. The van der Waals surface area contributed by atoms with Gasteiger partial charge in [-0.15, -0.1) is 0 Å². The summed E-state index contributed by atoms with van der Waals surface area (Å²) in [4.78, 5) is 0. The fourth-order valence-corrected chi connectivity index (χ4v) is 2.32. The van der Waals surface area contributed by atoms with Crippen molar-refractivity contribution in [3.63, 3.8) is 0 Å². The van der Waals surface area contributed by atoms with Crippen molar-refractivity contribution in [3.05, 3.63) is 53.6 Å². The van der Waals surface area contributed by atoms with Crippen molar-refractivity contribution in [1.82, 2.24) is 0 Å². The average Bonchev–Trinajstić information content (AvgIpc) is 2.42. The normalized spacial score (nSPS) is 10.8. The lowest BCUT2D eigenvalue weighted by Crippen LogP contribution is -2.11. The van der Waals surface area contributed by atoms with Crippen LogP contribution in [0.2, 0.25) is 0 Å². The van der Waals surface area contributed by atoms with Crippen LogP contribution in [0.25, 0.3) is 0 Å². The van der Waals surface area contributed by atoms with Gasteiger partial charge in [-0.3, -0.25) is 4.72 Å². The third kappa shape index (κ3) is 3.93. The maximum absolute atomic E-state index is 13.7. The van der Waals surface area contributed by atoms with E-state index < -0.39 is 21.7 Å². The van der Waals surface area contributed by atoms with E-state index in [-0.39, 0.29) is 22.6 Å². The first-order chi connectivity index (χ1) is 10.3. The lowest BCUT2D eigenvalue weighted by atomic mass is 10.2. The molecular formula is C14H11F2N3O2S. The number of nitrogens with zero attached hydrogens (tertiary/aromatic N) is 1. The zero-order chi connectivity index (χ0) is 16.3. The molecule has 0 fully saturated rings. The van der Waals surface area contributed by atoms with Crippen molar-refractivity contribution in [1.29, 1.82) is 5.26 Å². The molecule has 0 saturated carbocycles. The van der Waals surface area contributed by atoms with Crippen LogP contribution in [-0.4, -0.2) is 14.7 Å². The van der Waals surface area contributed by atoms with Gasteiger partial charge in [0.05, 0.1) is 35.0 Å². The number of hydrogen-bond acceptors (Lipinski definition) is 4. The van der Waals surface area contributed by atoms with Gasteiger partial charge in [-0.1, -0.05) is 0 Å². The number of nitriles is 1. The zero-order valence-corrected chi connectivity index (χ0v) is 12.2. The molecule has 0 atom stereocenters. The van der Waals surface area contributed by atoms with Crippen molar-refractivity contribution in [2.24, 2.45) is 0 Å². The molecular weight excluding hydrogens is 312 g/mol. The van der Waals surface area contributed by atoms with Crippen molar-refractivity contribution in [2.75, 3.05) is 16.3 Å². The molecule has 0 unspecified atom stereocenters. The van der Waals surface area contributed by atoms with Crippen LogP contribution in [-0.2, 0) is 10.0 Å². The Morgan fingerprint density at radius 1 is 1.05 bits per heavy atom. The molecule has 22 heavy (non-hydrogen) atoms. The number of sulfonamides is 1. The molecule has 0 amide bonds. The minimum absolute atomic E-state index is 0.0481. The van der Waals surface area contributed by atoms with Crippen LogP contribution in [0.5, 0.6) is 0 Å². The largest absolute Gasteiger partial charge is 0.351 e. The topological polar surface area (TPSA) is 82.0 Å². The van der Waals surface area contributed by atoms with Crippen LogP contribution in [0.15, 0.2) is 36.4 Å². The number of halogens is 2. The highest BCUT2D eigenvalue weighted by molar-refractivity contribution is 7.92. The van der Waals surface area contributed by atoms with E-state index in [4.69, 9.17) is 5.26 Å².